The van der Waals surface area contributed by atoms with Crippen molar-refractivity contribution < 1.29 is 19.7 Å². The Morgan fingerprint density at radius 2 is 1.65 bits per heavy atom. The summed E-state index contributed by atoms with van der Waals surface area (Å²) in [7, 11) is 0. The predicted octanol–water partition coefficient (Wildman–Crippen LogP) is -0.0986. The lowest BCUT2D eigenvalue weighted by molar-refractivity contribution is 0.0486. The number of hydrogen-bond acceptors (Lipinski definition) is 6. The van der Waals surface area contributed by atoms with Gasteiger partial charge in [0.2, 0.25) is 0 Å². The minimum atomic E-state index is 0.0439. The molecule has 0 atom stereocenters. The van der Waals surface area contributed by atoms with Crippen molar-refractivity contribution in [2.24, 2.45) is 0 Å². The van der Waals surface area contributed by atoms with Gasteiger partial charge in [-0.25, -0.2) is 0 Å². The molecule has 0 aromatic carbocycles. The molecule has 0 bridgehead atoms. The molecule has 6 nitrogen and oxygen atoms in total. The summed E-state index contributed by atoms with van der Waals surface area (Å²) in [6, 6.07) is 3.95. The molecule has 0 aliphatic heterocycles. The SMILES string of the molecule is OCCOCCN(CCOCCO)Cc1cccnc1. The average Bonchev–Trinajstić information content (AvgIpc) is 2.49. The molecule has 20 heavy (non-hydrogen) atoms. The summed E-state index contributed by atoms with van der Waals surface area (Å²) in [6.45, 7) is 4.25. The van der Waals surface area contributed by atoms with Gasteiger partial charge in [-0.3, -0.25) is 9.88 Å². The summed E-state index contributed by atoms with van der Waals surface area (Å²) < 4.78 is 10.6. The third kappa shape index (κ3) is 8.19. The highest BCUT2D eigenvalue weighted by Crippen LogP contribution is 2.02. The molecule has 0 saturated carbocycles. The average molecular weight is 284 g/mol. The van der Waals surface area contributed by atoms with Gasteiger partial charge in [-0.15, -0.1) is 0 Å². The summed E-state index contributed by atoms with van der Waals surface area (Å²) >= 11 is 0. The van der Waals surface area contributed by atoms with Gasteiger partial charge in [-0.05, 0) is 11.6 Å². The highest BCUT2D eigenvalue weighted by molar-refractivity contribution is 5.08. The van der Waals surface area contributed by atoms with Crippen LogP contribution in [0, 0.1) is 0 Å². The molecule has 0 amide bonds. The van der Waals surface area contributed by atoms with E-state index >= 15 is 0 Å². The Morgan fingerprint density at radius 3 is 2.15 bits per heavy atom. The second kappa shape index (κ2) is 11.7. The van der Waals surface area contributed by atoms with Crippen molar-refractivity contribution in [2.45, 2.75) is 6.54 Å². The number of hydrogen-bond donors (Lipinski definition) is 2. The molecular weight excluding hydrogens is 260 g/mol. The van der Waals surface area contributed by atoms with Crippen LogP contribution in [0.15, 0.2) is 24.5 Å². The van der Waals surface area contributed by atoms with E-state index in [9.17, 15) is 0 Å². The first-order valence-electron chi connectivity index (χ1n) is 6.85. The standard InChI is InChI=1S/C14H24N2O4/c17-6-10-19-8-4-16(5-9-20-11-7-18)13-14-2-1-3-15-12-14/h1-3,12,17-18H,4-11,13H2. The lowest BCUT2D eigenvalue weighted by atomic mass is 10.2. The number of pyridine rings is 1. The van der Waals surface area contributed by atoms with E-state index in [0.29, 0.717) is 26.4 Å². The van der Waals surface area contributed by atoms with Gasteiger partial charge in [0, 0.05) is 32.0 Å². The molecule has 0 fully saturated rings. The predicted molar refractivity (Wildman–Crippen MR) is 75.3 cm³/mol. The van der Waals surface area contributed by atoms with E-state index in [1.54, 1.807) is 6.20 Å². The molecule has 0 aliphatic carbocycles. The van der Waals surface area contributed by atoms with Crippen molar-refractivity contribution in [3.05, 3.63) is 30.1 Å². The molecule has 0 radical (unpaired) electrons. The van der Waals surface area contributed by atoms with E-state index in [-0.39, 0.29) is 13.2 Å². The highest BCUT2D eigenvalue weighted by atomic mass is 16.5. The molecule has 2 N–H and O–H groups in total. The molecular formula is C14H24N2O4. The second-order valence-corrected chi connectivity index (χ2v) is 4.31. The van der Waals surface area contributed by atoms with Gasteiger partial charge in [0.15, 0.2) is 0 Å². The van der Waals surface area contributed by atoms with E-state index < -0.39 is 0 Å². The van der Waals surface area contributed by atoms with E-state index in [2.05, 4.69) is 9.88 Å². The Balaban J connectivity index is 2.33. The molecule has 0 saturated heterocycles. The Morgan fingerprint density at radius 1 is 1.00 bits per heavy atom. The minimum Gasteiger partial charge on any atom is -0.394 e. The third-order valence-corrected chi connectivity index (χ3v) is 2.70. The molecule has 0 spiro atoms. The van der Waals surface area contributed by atoms with Crippen LogP contribution in [0.1, 0.15) is 5.56 Å². The molecule has 0 aliphatic rings. The first-order chi connectivity index (χ1) is 9.86. The van der Waals surface area contributed by atoms with E-state index in [1.165, 1.54) is 0 Å². The topological polar surface area (TPSA) is 75.1 Å². The van der Waals surface area contributed by atoms with Crippen LogP contribution in [0.4, 0.5) is 0 Å². The molecule has 1 heterocycles. The Kier molecular flexibility index (Phi) is 9.99. The lowest BCUT2D eigenvalue weighted by Gasteiger charge is -2.22. The molecule has 114 valence electrons. The zero-order chi connectivity index (χ0) is 14.5. The zero-order valence-corrected chi connectivity index (χ0v) is 11.8. The van der Waals surface area contributed by atoms with Crippen molar-refractivity contribution in [3.8, 4) is 0 Å². The number of ether oxygens (including phenoxy) is 2. The first kappa shape index (κ1) is 17.0. The van der Waals surface area contributed by atoms with Crippen molar-refractivity contribution in [3.63, 3.8) is 0 Å². The zero-order valence-electron chi connectivity index (χ0n) is 11.8. The van der Waals surface area contributed by atoms with Crippen molar-refractivity contribution in [1.82, 2.24) is 9.88 Å². The lowest BCUT2D eigenvalue weighted by Crippen LogP contribution is -2.31. The monoisotopic (exact) mass is 284 g/mol. The van der Waals surface area contributed by atoms with E-state index in [4.69, 9.17) is 19.7 Å². The van der Waals surface area contributed by atoms with Crippen molar-refractivity contribution in [2.75, 3.05) is 52.7 Å². The Labute approximate surface area is 120 Å². The number of nitrogens with zero attached hydrogens (tertiary/aromatic N) is 2. The van der Waals surface area contributed by atoms with Gasteiger partial charge >= 0.3 is 0 Å². The molecule has 0 unspecified atom stereocenters. The smallest absolute Gasteiger partial charge is 0.0698 e. The second-order valence-electron chi connectivity index (χ2n) is 4.31. The summed E-state index contributed by atoms with van der Waals surface area (Å²) in [5.41, 5.74) is 1.14. The Hall–Kier alpha value is -1.05. The summed E-state index contributed by atoms with van der Waals surface area (Å²) in [5.74, 6) is 0. The highest BCUT2D eigenvalue weighted by Gasteiger charge is 2.06. The molecule has 1 aromatic rings. The summed E-state index contributed by atoms with van der Waals surface area (Å²) in [4.78, 5) is 6.30. The van der Waals surface area contributed by atoms with Crippen LogP contribution in [0.2, 0.25) is 0 Å². The van der Waals surface area contributed by atoms with Crippen LogP contribution >= 0.6 is 0 Å². The van der Waals surface area contributed by atoms with Gasteiger partial charge in [0.1, 0.15) is 0 Å². The van der Waals surface area contributed by atoms with E-state index in [1.807, 2.05) is 18.3 Å². The van der Waals surface area contributed by atoms with Crippen LogP contribution in [-0.4, -0.2) is 72.8 Å². The fourth-order valence-electron chi connectivity index (χ4n) is 1.74. The van der Waals surface area contributed by atoms with Crippen LogP contribution in [0.3, 0.4) is 0 Å². The first-order valence-corrected chi connectivity index (χ1v) is 6.85. The summed E-state index contributed by atoms with van der Waals surface area (Å²) in [6.07, 6.45) is 3.60. The minimum absolute atomic E-state index is 0.0439. The number of rotatable bonds is 12. The fraction of sp³-hybridized carbons (Fsp3) is 0.643. The maximum atomic E-state index is 8.68. The number of aliphatic hydroxyl groups is 2. The molecule has 1 rings (SSSR count). The fourth-order valence-corrected chi connectivity index (χ4v) is 1.74. The summed E-state index contributed by atoms with van der Waals surface area (Å²) in [5, 5.41) is 17.4. The number of aliphatic hydroxyl groups excluding tert-OH is 2. The number of aromatic nitrogens is 1. The maximum Gasteiger partial charge on any atom is 0.0698 e. The van der Waals surface area contributed by atoms with Gasteiger partial charge in [-0.2, -0.15) is 0 Å². The van der Waals surface area contributed by atoms with Crippen LogP contribution in [-0.2, 0) is 16.0 Å². The van der Waals surface area contributed by atoms with Crippen LogP contribution in [0.25, 0.3) is 0 Å². The normalized spacial score (nSPS) is 11.2. The maximum absolute atomic E-state index is 8.68. The van der Waals surface area contributed by atoms with Crippen LogP contribution < -0.4 is 0 Å². The molecule has 6 heteroatoms. The van der Waals surface area contributed by atoms with E-state index in [0.717, 1.165) is 25.2 Å². The van der Waals surface area contributed by atoms with Gasteiger partial charge in [-0.1, -0.05) is 6.07 Å². The quantitative estimate of drug-likeness (QED) is 0.522. The third-order valence-electron chi connectivity index (χ3n) is 2.70. The van der Waals surface area contributed by atoms with Gasteiger partial charge in [0.25, 0.3) is 0 Å². The van der Waals surface area contributed by atoms with Crippen molar-refractivity contribution in [1.29, 1.82) is 0 Å². The Bertz CT molecular complexity index is 312. The van der Waals surface area contributed by atoms with Crippen molar-refractivity contribution >= 4 is 0 Å². The largest absolute Gasteiger partial charge is 0.394 e. The van der Waals surface area contributed by atoms with Gasteiger partial charge < -0.3 is 19.7 Å². The molecule has 1 aromatic heterocycles. The van der Waals surface area contributed by atoms with Crippen LogP contribution in [0.5, 0.6) is 0 Å². The van der Waals surface area contributed by atoms with Gasteiger partial charge in [0.05, 0.1) is 39.6 Å².